The maximum atomic E-state index is 12.4. The molecule has 1 aromatic rings. The number of piperidine rings is 1. The van der Waals surface area contributed by atoms with Crippen molar-refractivity contribution < 1.29 is 17.9 Å². The van der Waals surface area contributed by atoms with E-state index in [-0.39, 0.29) is 16.7 Å². The van der Waals surface area contributed by atoms with Gasteiger partial charge < -0.3 is 14.8 Å². The second-order valence-corrected chi connectivity index (χ2v) is 6.34. The normalized spacial score (nSPS) is 16.9. The van der Waals surface area contributed by atoms with Crippen LogP contribution in [-0.4, -0.2) is 41.8 Å². The second-order valence-electron chi connectivity index (χ2n) is 4.66. The van der Waals surface area contributed by atoms with E-state index in [0.717, 1.165) is 25.9 Å². The summed E-state index contributed by atoms with van der Waals surface area (Å²) in [5, 5.41) is 3.20. The molecule has 0 spiro atoms. The Kier molecular flexibility index (Phi) is 4.85. The van der Waals surface area contributed by atoms with Gasteiger partial charge in [-0.15, -0.1) is 0 Å². The van der Waals surface area contributed by atoms with E-state index in [9.17, 15) is 8.42 Å². The Morgan fingerprint density at radius 2 is 1.90 bits per heavy atom. The predicted molar refractivity (Wildman–Crippen MR) is 75.8 cm³/mol. The molecule has 0 aromatic heterocycles. The highest BCUT2D eigenvalue weighted by Crippen LogP contribution is 2.28. The quantitative estimate of drug-likeness (QED) is 0.838. The first kappa shape index (κ1) is 15.1. The lowest BCUT2D eigenvalue weighted by Gasteiger charge is -2.24. The van der Waals surface area contributed by atoms with E-state index < -0.39 is 10.0 Å². The molecule has 0 radical (unpaired) electrons. The molecule has 1 aromatic carbocycles. The van der Waals surface area contributed by atoms with E-state index >= 15 is 0 Å². The van der Waals surface area contributed by atoms with Crippen LogP contribution in [0.5, 0.6) is 11.5 Å². The van der Waals surface area contributed by atoms with Crippen molar-refractivity contribution in [3.63, 3.8) is 0 Å². The number of rotatable bonds is 5. The van der Waals surface area contributed by atoms with Crippen LogP contribution in [0.3, 0.4) is 0 Å². The van der Waals surface area contributed by atoms with Crippen molar-refractivity contribution >= 4 is 10.0 Å². The minimum absolute atomic E-state index is 0.0342. The van der Waals surface area contributed by atoms with E-state index in [2.05, 4.69) is 10.0 Å². The Labute approximate surface area is 119 Å². The van der Waals surface area contributed by atoms with Crippen LogP contribution in [-0.2, 0) is 10.0 Å². The van der Waals surface area contributed by atoms with Crippen molar-refractivity contribution in [1.29, 1.82) is 0 Å². The summed E-state index contributed by atoms with van der Waals surface area (Å²) >= 11 is 0. The van der Waals surface area contributed by atoms with Gasteiger partial charge in [-0.3, -0.25) is 0 Å². The van der Waals surface area contributed by atoms with Gasteiger partial charge >= 0.3 is 0 Å². The number of hydrogen-bond acceptors (Lipinski definition) is 5. The number of benzene rings is 1. The molecule has 2 N–H and O–H groups in total. The largest absolute Gasteiger partial charge is 0.497 e. The summed E-state index contributed by atoms with van der Waals surface area (Å²) < 4.78 is 37.8. The second kappa shape index (κ2) is 6.43. The first-order chi connectivity index (χ1) is 9.56. The monoisotopic (exact) mass is 300 g/mol. The maximum absolute atomic E-state index is 12.4. The van der Waals surface area contributed by atoms with Gasteiger partial charge in [0.05, 0.1) is 14.2 Å². The summed E-state index contributed by atoms with van der Waals surface area (Å²) in [6.45, 7) is 1.65. The van der Waals surface area contributed by atoms with Crippen LogP contribution >= 0.6 is 0 Å². The van der Waals surface area contributed by atoms with Gasteiger partial charge in [-0.1, -0.05) is 0 Å². The number of nitrogens with one attached hydrogen (secondary N) is 2. The summed E-state index contributed by atoms with van der Waals surface area (Å²) in [4.78, 5) is 0.138. The molecule has 1 aliphatic heterocycles. The Morgan fingerprint density at radius 3 is 2.50 bits per heavy atom. The molecule has 20 heavy (non-hydrogen) atoms. The molecule has 1 heterocycles. The minimum Gasteiger partial charge on any atom is -0.497 e. The van der Waals surface area contributed by atoms with Crippen LogP contribution in [0.4, 0.5) is 0 Å². The minimum atomic E-state index is -3.59. The van der Waals surface area contributed by atoms with Crippen molar-refractivity contribution in [3.8, 4) is 11.5 Å². The number of hydrogen-bond donors (Lipinski definition) is 2. The van der Waals surface area contributed by atoms with Crippen LogP contribution in [0.25, 0.3) is 0 Å². The van der Waals surface area contributed by atoms with E-state index in [1.807, 2.05) is 0 Å². The fourth-order valence-electron chi connectivity index (χ4n) is 2.22. The van der Waals surface area contributed by atoms with E-state index in [4.69, 9.17) is 9.47 Å². The van der Waals surface area contributed by atoms with E-state index in [0.29, 0.717) is 5.75 Å². The summed E-state index contributed by atoms with van der Waals surface area (Å²) in [7, 11) is -0.619. The molecule has 0 saturated carbocycles. The lowest BCUT2D eigenvalue weighted by Crippen LogP contribution is -2.42. The Morgan fingerprint density at radius 1 is 1.20 bits per heavy atom. The van der Waals surface area contributed by atoms with Gasteiger partial charge in [-0.2, -0.15) is 0 Å². The zero-order chi connectivity index (χ0) is 14.6. The highest BCUT2D eigenvalue weighted by molar-refractivity contribution is 7.89. The van der Waals surface area contributed by atoms with Crippen molar-refractivity contribution in [2.75, 3.05) is 27.3 Å². The molecular formula is C13H20N2O4S. The number of ether oxygens (including phenoxy) is 2. The highest BCUT2D eigenvalue weighted by atomic mass is 32.2. The van der Waals surface area contributed by atoms with Gasteiger partial charge in [0.2, 0.25) is 10.0 Å². The summed E-state index contributed by atoms with van der Waals surface area (Å²) in [6, 6.07) is 4.64. The molecule has 6 nitrogen and oxygen atoms in total. The molecule has 112 valence electrons. The molecule has 2 rings (SSSR count). The van der Waals surface area contributed by atoms with Gasteiger partial charge in [0.15, 0.2) is 0 Å². The summed E-state index contributed by atoms with van der Waals surface area (Å²) in [5.74, 6) is 0.841. The van der Waals surface area contributed by atoms with Crippen molar-refractivity contribution in [2.24, 2.45) is 0 Å². The lowest BCUT2D eigenvalue weighted by molar-refractivity contribution is 0.384. The molecule has 0 atom stereocenters. The van der Waals surface area contributed by atoms with Crippen molar-refractivity contribution in [3.05, 3.63) is 18.2 Å². The zero-order valence-corrected chi connectivity index (χ0v) is 12.5. The van der Waals surface area contributed by atoms with Crippen LogP contribution in [0.15, 0.2) is 23.1 Å². The highest BCUT2D eigenvalue weighted by Gasteiger charge is 2.24. The van der Waals surface area contributed by atoms with Gasteiger partial charge in [-0.25, -0.2) is 13.1 Å². The van der Waals surface area contributed by atoms with Crippen molar-refractivity contribution in [1.82, 2.24) is 10.0 Å². The maximum Gasteiger partial charge on any atom is 0.244 e. The van der Waals surface area contributed by atoms with Gasteiger partial charge in [-0.05, 0) is 38.1 Å². The summed E-state index contributed by atoms with van der Waals surface area (Å²) in [6.07, 6.45) is 1.58. The average molecular weight is 300 g/mol. The van der Waals surface area contributed by atoms with Gasteiger partial charge in [0.25, 0.3) is 0 Å². The third-order valence-electron chi connectivity index (χ3n) is 3.32. The molecule has 0 unspecified atom stereocenters. The Bertz CT molecular complexity index is 553. The first-order valence-electron chi connectivity index (χ1n) is 6.52. The average Bonchev–Trinajstić information content (AvgIpc) is 2.47. The summed E-state index contributed by atoms with van der Waals surface area (Å²) in [5.41, 5.74) is 0. The predicted octanol–water partition coefficient (Wildman–Crippen LogP) is 0.734. The van der Waals surface area contributed by atoms with E-state index in [1.165, 1.54) is 20.3 Å². The third-order valence-corrected chi connectivity index (χ3v) is 4.88. The topological polar surface area (TPSA) is 76.7 Å². The fraction of sp³-hybridized carbons (Fsp3) is 0.538. The number of methoxy groups -OCH3 is 2. The van der Waals surface area contributed by atoms with Crippen LogP contribution in [0.1, 0.15) is 12.8 Å². The molecule has 0 bridgehead atoms. The molecule has 1 aliphatic rings. The Hall–Kier alpha value is -1.31. The van der Waals surface area contributed by atoms with Crippen LogP contribution < -0.4 is 19.5 Å². The molecule has 1 fully saturated rings. The lowest BCUT2D eigenvalue weighted by atomic mass is 10.1. The zero-order valence-electron chi connectivity index (χ0n) is 11.7. The van der Waals surface area contributed by atoms with Crippen LogP contribution in [0.2, 0.25) is 0 Å². The number of sulfonamides is 1. The standard InChI is InChI=1S/C13H20N2O4S/c1-18-11-3-4-13(12(9-11)19-2)20(16,17)15-10-5-7-14-8-6-10/h3-4,9-10,14-15H,5-8H2,1-2H3. The fourth-order valence-corrected chi connectivity index (χ4v) is 3.68. The third kappa shape index (κ3) is 3.41. The molecule has 0 amide bonds. The SMILES string of the molecule is COc1ccc(S(=O)(=O)NC2CCNCC2)c(OC)c1. The van der Waals surface area contributed by atoms with Crippen molar-refractivity contribution in [2.45, 2.75) is 23.8 Å². The molecular weight excluding hydrogens is 280 g/mol. The smallest absolute Gasteiger partial charge is 0.244 e. The van der Waals surface area contributed by atoms with Gasteiger partial charge in [0.1, 0.15) is 16.4 Å². The first-order valence-corrected chi connectivity index (χ1v) is 8.00. The molecule has 0 aliphatic carbocycles. The van der Waals surface area contributed by atoms with Gasteiger partial charge in [0, 0.05) is 12.1 Å². The molecule has 7 heteroatoms. The molecule has 1 saturated heterocycles. The van der Waals surface area contributed by atoms with E-state index in [1.54, 1.807) is 12.1 Å². The van der Waals surface area contributed by atoms with Crippen LogP contribution in [0, 0.1) is 0 Å². The Balaban J connectivity index is 2.24.